The van der Waals surface area contributed by atoms with Gasteiger partial charge in [-0.05, 0) is 43.1 Å². The van der Waals surface area contributed by atoms with Gasteiger partial charge in [-0.2, -0.15) is 0 Å². The van der Waals surface area contributed by atoms with Crippen LogP contribution in [0.15, 0.2) is 41.3 Å². The molecular weight excluding hydrogens is 402 g/mol. The summed E-state index contributed by atoms with van der Waals surface area (Å²) in [4.78, 5) is 12.0. The lowest BCUT2D eigenvalue weighted by atomic mass is 10.1. The number of hydrogen-bond donors (Lipinski definition) is 4. The molecule has 0 spiro atoms. The second-order valence-corrected chi connectivity index (χ2v) is 9.09. The van der Waals surface area contributed by atoms with Crippen LogP contribution >= 0.6 is 11.6 Å². The SMILES string of the molecule is CCc1ccccc1NC(=O)Nc1ccc(Cl)c(S(=O)(=O)[C@@H]2CCNC2)c1O. The highest BCUT2D eigenvalue weighted by Gasteiger charge is 2.35. The maximum absolute atomic E-state index is 12.9. The Balaban J connectivity index is 1.86. The fraction of sp³-hybridized carbons (Fsp3) is 0.316. The van der Waals surface area contributed by atoms with E-state index in [2.05, 4.69) is 16.0 Å². The van der Waals surface area contributed by atoms with Gasteiger partial charge in [0.2, 0.25) is 0 Å². The number of nitrogens with one attached hydrogen (secondary N) is 3. The Bertz CT molecular complexity index is 989. The van der Waals surface area contributed by atoms with Crippen molar-refractivity contribution in [3.63, 3.8) is 0 Å². The van der Waals surface area contributed by atoms with Crippen molar-refractivity contribution in [3.05, 3.63) is 47.0 Å². The zero-order valence-electron chi connectivity index (χ0n) is 15.3. The Labute approximate surface area is 169 Å². The highest BCUT2D eigenvalue weighted by molar-refractivity contribution is 7.92. The van der Waals surface area contributed by atoms with E-state index in [0.29, 0.717) is 25.2 Å². The molecule has 0 aromatic heterocycles. The molecule has 4 N–H and O–H groups in total. The third-order valence-corrected chi connectivity index (χ3v) is 7.41. The number of amides is 2. The summed E-state index contributed by atoms with van der Waals surface area (Å²) in [7, 11) is -3.84. The van der Waals surface area contributed by atoms with Gasteiger partial charge in [-0.15, -0.1) is 0 Å². The van der Waals surface area contributed by atoms with Crippen LogP contribution in [0.5, 0.6) is 5.75 Å². The summed E-state index contributed by atoms with van der Waals surface area (Å²) in [6.07, 6.45) is 1.17. The summed E-state index contributed by atoms with van der Waals surface area (Å²) in [5.74, 6) is -0.557. The number of phenols is 1. The Morgan fingerprint density at radius 3 is 2.61 bits per heavy atom. The topological polar surface area (TPSA) is 108 Å². The monoisotopic (exact) mass is 423 g/mol. The van der Waals surface area contributed by atoms with Gasteiger partial charge in [0.05, 0.1) is 16.0 Å². The molecule has 1 heterocycles. The summed E-state index contributed by atoms with van der Waals surface area (Å²) >= 11 is 6.08. The van der Waals surface area contributed by atoms with Crippen LogP contribution in [-0.2, 0) is 16.3 Å². The zero-order valence-corrected chi connectivity index (χ0v) is 16.9. The summed E-state index contributed by atoms with van der Waals surface area (Å²) in [6, 6.07) is 9.47. The number of phenolic OH excluding ortho intramolecular Hbond substituents is 1. The van der Waals surface area contributed by atoms with Gasteiger partial charge in [-0.3, -0.25) is 0 Å². The first-order chi connectivity index (χ1) is 13.3. The minimum atomic E-state index is -3.84. The number of benzene rings is 2. The Morgan fingerprint density at radius 1 is 1.21 bits per heavy atom. The van der Waals surface area contributed by atoms with Crippen LogP contribution in [-0.4, -0.2) is 37.9 Å². The van der Waals surface area contributed by atoms with E-state index in [1.54, 1.807) is 12.1 Å². The van der Waals surface area contributed by atoms with Crippen molar-refractivity contribution >= 4 is 38.8 Å². The number of anilines is 2. The molecule has 3 rings (SSSR count). The summed E-state index contributed by atoms with van der Waals surface area (Å²) in [6.45, 7) is 2.85. The van der Waals surface area contributed by atoms with Gasteiger partial charge in [-0.1, -0.05) is 36.7 Å². The molecule has 1 atom stereocenters. The third-order valence-electron chi connectivity index (χ3n) is 4.72. The largest absolute Gasteiger partial charge is 0.504 e. The van der Waals surface area contributed by atoms with Gasteiger partial charge in [0.1, 0.15) is 4.90 Å². The molecule has 1 saturated heterocycles. The molecule has 1 aliphatic rings. The first kappa shape index (κ1) is 20.4. The van der Waals surface area contributed by atoms with Crippen molar-refractivity contribution in [2.24, 2.45) is 0 Å². The molecule has 0 radical (unpaired) electrons. The first-order valence-corrected chi connectivity index (χ1v) is 10.9. The lowest BCUT2D eigenvalue weighted by Crippen LogP contribution is -2.25. The number of carbonyl (C=O) groups excluding carboxylic acids is 1. The smallest absolute Gasteiger partial charge is 0.323 e. The number of aryl methyl sites for hydroxylation is 1. The van der Waals surface area contributed by atoms with E-state index in [1.807, 2.05) is 19.1 Å². The van der Waals surface area contributed by atoms with Gasteiger partial charge in [0.25, 0.3) is 0 Å². The van der Waals surface area contributed by atoms with Crippen LogP contribution < -0.4 is 16.0 Å². The maximum atomic E-state index is 12.9. The molecule has 0 saturated carbocycles. The minimum absolute atomic E-state index is 0.0274. The molecule has 1 aliphatic heterocycles. The van der Waals surface area contributed by atoms with E-state index in [9.17, 15) is 18.3 Å². The fourth-order valence-corrected chi connectivity index (χ4v) is 5.50. The van der Waals surface area contributed by atoms with Gasteiger partial charge in [0, 0.05) is 12.2 Å². The molecule has 0 aliphatic carbocycles. The average molecular weight is 424 g/mol. The summed E-state index contributed by atoms with van der Waals surface area (Å²) in [5.41, 5.74) is 1.57. The zero-order chi connectivity index (χ0) is 20.3. The van der Waals surface area contributed by atoms with Crippen molar-refractivity contribution in [3.8, 4) is 5.75 Å². The second kappa shape index (κ2) is 8.38. The maximum Gasteiger partial charge on any atom is 0.323 e. The van der Waals surface area contributed by atoms with Crippen molar-refractivity contribution in [2.75, 3.05) is 23.7 Å². The molecule has 2 aromatic carbocycles. The van der Waals surface area contributed by atoms with E-state index < -0.39 is 26.9 Å². The fourth-order valence-electron chi connectivity index (χ4n) is 3.20. The van der Waals surface area contributed by atoms with Crippen LogP contribution in [0.3, 0.4) is 0 Å². The number of aromatic hydroxyl groups is 1. The molecule has 7 nitrogen and oxygen atoms in total. The predicted octanol–water partition coefficient (Wildman–Crippen LogP) is 3.39. The van der Waals surface area contributed by atoms with Gasteiger partial charge < -0.3 is 21.1 Å². The van der Waals surface area contributed by atoms with Crippen molar-refractivity contribution in [1.29, 1.82) is 0 Å². The molecule has 9 heteroatoms. The standard InChI is InChI=1S/C19H22ClN3O4S/c1-2-12-5-3-4-6-15(12)22-19(25)23-16-8-7-14(20)18(17(16)24)28(26,27)13-9-10-21-11-13/h3-8,13,21,24H,2,9-11H2,1H3,(H2,22,23,25)/t13-/m1/s1. The molecular formula is C19H22ClN3O4S. The Morgan fingerprint density at radius 2 is 1.93 bits per heavy atom. The van der Waals surface area contributed by atoms with Crippen molar-refractivity contribution in [2.45, 2.75) is 29.9 Å². The minimum Gasteiger partial charge on any atom is -0.504 e. The molecule has 2 amide bonds. The van der Waals surface area contributed by atoms with Crippen molar-refractivity contribution in [1.82, 2.24) is 5.32 Å². The molecule has 0 unspecified atom stereocenters. The first-order valence-electron chi connectivity index (χ1n) is 8.96. The molecule has 150 valence electrons. The van der Waals surface area contributed by atoms with E-state index >= 15 is 0 Å². The van der Waals surface area contributed by atoms with Crippen LogP contribution in [0.1, 0.15) is 18.9 Å². The molecule has 0 bridgehead atoms. The number of carbonyl (C=O) groups is 1. The Kier molecular flexibility index (Phi) is 6.12. The van der Waals surface area contributed by atoms with E-state index in [0.717, 1.165) is 12.0 Å². The molecule has 1 fully saturated rings. The van der Waals surface area contributed by atoms with Crippen molar-refractivity contribution < 1.29 is 18.3 Å². The Hall–Kier alpha value is -2.29. The number of halogens is 1. The van der Waals surface area contributed by atoms with E-state index in [1.165, 1.54) is 12.1 Å². The van der Waals surface area contributed by atoms with Crippen LogP contribution in [0.2, 0.25) is 5.02 Å². The van der Waals surface area contributed by atoms with Gasteiger partial charge in [-0.25, -0.2) is 13.2 Å². The average Bonchev–Trinajstić information content (AvgIpc) is 3.20. The third kappa shape index (κ3) is 4.09. The van der Waals surface area contributed by atoms with Gasteiger partial charge >= 0.3 is 6.03 Å². The normalized spacial score (nSPS) is 16.7. The van der Waals surface area contributed by atoms with Crippen LogP contribution in [0, 0.1) is 0 Å². The number of sulfone groups is 1. The second-order valence-electron chi connectivity index (χ2n) is 6.52. The van der Waals surface area contributed by atoms with E-state index in [4.69, 9.17) is 11.6 Å². The number of rotatable bonds is 5. The van der Waals surface area contributed by atoms with Gasteiger partial charge in [0.15, 0.2) is 15.6 Å². The number of hydrogen-bond acceptors (Lipinski definition) is 5. The predicted molar refractivity (Wildman–Crippen MR) is 110 cm³/mol. The molecule has 28 heavy (non-hydrogen) atoms. The number of urea groups is 1. The van der Waals surface area contributed by atoms with Crippen LogP contribution in [0.4, 0.5) is 16.2 Å². The summed E-state index contributed by atoms with van der Waals surface area (Å²) < 4.78 is 25.8. The van der Waals surface area contributed by atoms with Crippen LogP contribution in [0.25, 0.3) is 0 Å². The lowest BCUT2D eigenvalue weighted by molar-refractivity contribution is 0.262. The molecule has 2 aromatic rings. The van der Waals surface area contributed by atoms with E-state index in [-0.39, 0.29) is 15.6 Å². The lowest BCUT2D eigenvalue weighted by Gasteiger charge is -2.17. The highest BCUT2D eigenvalue weighted by atomic mass is 35.5. The quantitative estimate of drug-likeness (QED) is 0.551. The summed E-state index contributed by atoms with van der Waals surface area (Å²) in [5, 5.41) is 18.0. The number of para-hydroxylation sites is 1. The highest BCUT2D eigenvalue weighted by Crippen LogP contribution is 2.39.